The summed E-state index contributed by atoms with van der Waals surface area (Å²) in [7, 11) is 0. The first-order valence-electron chi connectivity index (χ1n) is 16.4. The molecule has 8 rings (SSSR count). The van der Waals surface area contributed by atoms with Gasteiger partial charge < -0.3 is 0 Å². The Hall–Kier alpha value is -4.59. The van der Waals surface area contributed by atoms with E-state index in [0.717, 1.165) is 12.1 Å². The van der Waals surface area contributed by atoms with Gasteiger partial charge in [0.2, 0.25) is 0 Å². The van der Waals surface area contributed by atoms with E-state index in [4.69, 9.17) is 0 Å². The third-order valence-corrected chi connectivity index (χ3v) is 7.58. The molecule has 0 spiro atoms. The third kappa shape index (κ3) is 22.3. The van der Waals surface area contributed by atoms with Gasteiger partial charge in [0.05, 0.1) is 93.1 Å². The second-order valence-corrected chi connectivity index (χ2v) is 12.2. The molecule has 0 amide bonds. The zero-order chi connectivity index (χ0) is 48.5. The fourth-order valence-electron chi connectivity index (χ4n) is 3.26. The molecule has 0 radical (unpaired) electrons. The van der Waals surface area contributed by atoms with Gasteiger partial charge in [-0.25, -0.2) is 101 Å². The molecule has 0 bridgehead atoms. The Labute approximate surface area is 411 Å². The fraction of sp³-hybridized carbons (Fsp3) is 0. The minimum absolute atomic E-state index is 0. The van der Waals surface area contributed by atoms with Gasteiger partial charge in [-0.15, -0.1) is 56.1 Å². The molecular weight excluding hydrogens is 1130 g/mol. The van der Waals surface area contributed by atoms with Crippen LogP contribution in [0.5, 0.6) is 0 Å². The summed E-state index contributed by atoms with van der Waals surface area (Å²) in [4.78, 5) is 0. The normalized spacial score (nSPS) is 9.27. The van der Waals surface area contributed by atoms with E-state index in [1.54, 1.807) is 0 Å². The Bertz CT molecular complexity index is 1990. The number of rotatable bonds is 0. The van der Waals surface area contributed by atoms with Crippen molar-refractivity contribution in [3.8, 4) is 0 Å². The quantitative estimate of drug-likeness (QED) is 0.0467. The molecule has 0 fully saturated rings. The summed E-state index contributed by atoms with van der Waals surface area (Å²) in [6.45, 7) is 0. The number of halogens is 20. The van der Waals surface area contributed by atoms with Crippen LogP contribution in [0, 0.1) is 129 Å². The molecule has 0 nitrogen and oxygen atoms in total. The largest absolute Gasteiger partial charge is 4.00 e. The topological polar surface area (TPSA) is 0 Å². The molecule has 0 N–H and O–H groups in total. The van der Waals surface area contributed by atoms with E-state index < -0.39 is 114 Å². The van der Waals surface area contributed by atoms with Crippen LogP contribution in [0.2, 0.25) is 0 Å². The molecule has 0 saturated carbocycles. The van der Waals surface area contributed by atoms with Gasteiger partial charge in [0, 0.05) is 11.6 Å². The van der Waals surface area contributed by atoms with Crippen molar-refractivity contribution >= 4 is 31.9 Å². The van der Waals surface area contributed by atoms with Crippen LogP contribution in [0.15, 0.2) is 130 Å². The molecule has 0 saturated heterocycles. The van der Waals surface area contributed by atoms with Gasteiger partial charge in [0.25, 0.3) is 0 Å². The molecule has 0 aliphatic carbocycles. The van der Waals surface area contributed by atoms with Crippen molar-refractivity contribution in [1.82, 2.24) is 0 Å². The van der Waals surface area contributed by atoms with Crippen LogP contribution in [-0.4, -0.2) is 0 Å². The van der Waals surface area contributed by atoms with E-state index in [9.17, 15) is 79.0 Å². The van der Waals surface area contributed by atoms with Crippen LogP contribution >= 0.6 is 31.9 Å². The zero-order valence-corrected chi connectivity index (χ0v) is 38.4. The second kappa shape index (κ2) is 33.8. The van der Waals surface area contributed by atoms with Gasteiger partial charge >= 0.3 is 43.4 Å². The Morgan fingerprint density at radius 3 is 0.545 bits per heavy atom. The minimum Gasteiger partial charge on any atom is -0.278 e. The first-order chi connectivity index (χ1) is 30.1. The molecule has 0 aliphatic rings. The van der Waals surface area contributed by atoms with Crippen LogP contribution in [-0.2, 0) is 43.4 Å². The molecule has 22 heteroatoms. The Balaban J connectivity index is 0. The summed E-state index contributed by atoms with van der Waals surface area (Å²) in [5.41, 5.74) is 0. The Morgan fingerprint density at radius 1 is 0.242 bits per heavy atom. The summed E-state index contributed by atoms with van der Waals surface area (Å²) in [5.74, 6) is -32.6. The predicted octanol–water partition coefficient (Wildman–Crippen LogP) is 15.6. The second-order valence-electron chi connectivity index (χ2n) is 10.6. The van der Waals surface area contributed by atoms with Crippen LogP contribution in [0.4, 0.5) is 79.0 Å². The van der Waals surface area contributed by atoms with Crippen LogP contribution in [0.1, 0.15) is 0 Å². The molecule has 0 aliphatic heterocycles. The molecule has 66 heavy (non-hydrogen) atoms. The van der Waals surface area contributed by atoms with Crippen LogP contribution < -0.4 is 0 Å². The van der Waals surface area contributed by atoms with Gasteiger partial charge in [-0.2, -0.15) is 72.8 Å². The van der Waals surface area contributed by atoms with Gasteiger partial charge in [0.1, 0.15) is 0 Å². The fourth-order valence-corrected chi connectivity index (χ4v) is 3.81. The summed E-state index contributed by atoms with van der Waals surface area (Å²) >= 11 is 4.75. The van der Waals surface area contributed by atoms with E-state index in [1.807, 2.05) is 121 Å². The monoisotopic (exact) mass is 1140 g/mol. The van der Waals surface area contributed by atoms with E-state index in [2.05, 4.69) is 31.9 Å². The van der Waals surface area contributed by atoms with Crippen molar-refractivity contribution in [3.63, 3.8) is 0 Å². The molecule has 8 aromatic carbocycles. The van der Waals surface area contributed by atoms with E-state index in [0.29, 0.717) is 0 Å². The van der Waals surface area contributed by atoms with E-state index >= 15 is 0 Å². The van der Waals surface area contributed by atoms with Crippen molar-refractivity contribution in [2.24, 2.45) is 0 Å². The molecular formula is C44H20Br2F18Ti2. The maximum absolute atomic E-state index is 12.3. The van der Waals surface area contributed by atoms with Crippen molar-refractivity contribution in [3.05, 3.63) is 259 Å². The first kappa shape index (κ1) is 63.5. The van der Waals surface area contributed by atoms with Crippen molar-refractivity contribution in [2.75, 3.05) is 0 Å². The first-order valence-corrected chi connectivity index (χ1v) is 18.0. The maximum Gasteiger partial charge on any atom is 4.00 e. The third-order valence-electron chi connectivity index (χ3n) is 6.18. The summed E-state index contributed by atoms with van der Waals surface area (Å²) < 4.78 is 216. The van der Waals surface area contributed by atoms with Crippen molar-refractivity contribution < 1.29 is 122 Å². The average Bonchev–Trinajstić information content (AvgIpc) is 4.14. The molecule has 0 unspecified atom stereocenters. The predicted molar refractivity (Wildman–Crippen MR) is 204 cm³/mol. The SMILES string of the molecule is Fc1[c-]c(F)c(Br)c(F)c1F.Fc1[c-]c(F)c(Br)c(F)c1F.Fc1[c-]c(F)c(F)c(F)c1F.Fc1[c-]c(F)c(F)c(F)c1F.[Ti+4].[Ti+4].c1cc[cH-]c1.c1cc[cH-]c1.c1cc[cH-]c1.c1cc[cH-]c1. The standard InChI is InChI=1S/2C6BrF4.2C6F5.4C5H5.2Ti/c2*7-4-2(8)1-3(9)5(10)6(4)11;2*7-2-1-3(8)5(10)6(11)4(2)9;4*1-2-4-5-3-1;;/h;;;;4*1-5H;;/q8*-1;2*+4. The summed E-state index contributed by atoms with van der Waals surface area (Å²) in [6.07, 6.45) is 0. The minimum atomic E-state index is -2.17. The smallest absolute Gasteiger partial charge is 0.278 e. The van der Waals surface area contributed by atoms with Gasteiger partial charge in [-0.05, 0) is 8.95 Å². The number of hydrogen-bond donors (Lipinski definition) is 0. The summed E-state index contributed by atoms with van der Waals surface area (Å²) in [6, 6.07) is 44.8. The van der Waals surface area contributed by atoms with E-state index in [1.165, 1.54) is 12.1 Å². The van der Waals surface area contributed by atoms with Crippen LogP contribution in [0.25, 0.3) is 0 Å². The van der Waals surface area contributed by atoms with Crippen molar-refractivity contribution in [1.29, 1.82) is 0 Å². The average molecular weight is 1150 g/mol. The van der Waals surface area contributed by atoms with Crippen molar-refractivity contribution in [2.45, 2.75) is 0 Å². The number of benzene rings is 4. The summed E-state index contributed by atoms with van der Waals surface area (Å²) in [5, 5.41) is 0. The Kier molecular flexibility index (Phi) is 32.5. The van der Waals surface area contributed by atoms with Gasteiger partial charge in [-0.3, -0.25) is 26.3 Å². The molecule has 344 valence electrons. The van der Waals surface area contributed by atoms with Gasteiger partial charge in [-0.1, -0.05) is 0 Å². The number of hydrogen-bond acceptors (Lipinski definition) is 0. The Morgan fingerprint density at radius 2 is 0.394 bits per heavy atom. The molecule has 0 heterocycles. The van der Waals surface area contributed by atoms with E-state index in [-0.39, 0.29) is 43.4 Å². The molecule has 0 atom stereocenters. The molecule has 0 aromatic heterocycles. The maximum atomic E-state index is 12.3. The molecule has 8 aromatic rings. The van der Waals surface area contributed by atoms with Crippen LogP contribution in [0.3, 0.4) is 0 Å². The zero-order valence-electron chi connectivity index (χ0n) is 32.1. The van der Waals surface area contributed by atoms with Gasteiger partial charge in [0.15, 0.2) is 0 Å².